The number of hydrogen-bond acceptors (Lipinski definition) is 5. The number of epoxide rings is 2. The van der Waals surface area contributed by atoms with Gasteiger partial charge in [0, 0.05) is 13.0 Å². The van der Waals surface area contributed by atoms with Crippen LogP contribution in [0.15, 0.2) is 4.99 Å². The van der Waals surface area contributed by atoms with Crippen molar-refractivity contribution in [1.82, 2.24) is 16.0 Å². The standard InChI is InChI=1S/C24H43N5O2S2/c1-2-3-4-5-6-7-8-9-10-11-22-25-12-14-29(22,17-21-19-31-21)15-13-26-23(32)28-24(33)27-16-20-18-30-20/h20-21H,2-19H2,1H3,(H2-,26,27,28,32,33)/p+1. The third-order valence-corrected chi connectivity index (χ3v) is 7.27. The van der Waals surface area contributed by atoms with Crippen LogP contribution >= 0.6 is 24.4 Å². The van der Waals surface area contributed by atoms with Crippen LogP contribution in [0.3, 0.4) is 0 Å². The van der Waals surface area contributed by atoms with Gasteiger partial charge in [-0.25, -0.2) is 4.99 Å². The zero-order chi connectivity index (χ0) is 23.4. The molecule has 3 heterocycles. The Morgan fingerprint density at radius 3 is 2.24 bits per heavy atom. The topological polar surface area (TPSA) is 73.5 Å². The van der Waals surface area contributed by atoms with Gasteiger partial charge in [0.2, 0.25) is 0 Å². The zero-order valence-corrected chi connectivity index (χ0v) is 22.0. The predicted molar refractivity (Wildman–Crippen MR) is 143 cm³/mol. The monoisotopic (exact) mass is 498 g/mol. The first-order chi connectivity index (χ1) is 16.1. The van der Waals surface area contributed by atoms with E-state index in [1.165, 1.54) is 63.6 Å². The van der Waals surface area contributed by atoms with Crippen LogP contribution in [-0.2, 0) is 9.47 Å². The van der Waals surface area contributed by atoms with Crippen molar-refractivity contribution in [3.63, 3.8) is 0 Å². The lowest BCUT2D eigenvalue weighted by Gasteiger charge is -2.34. The smallest absolute Gasteiger partial charge is 0.198 e. The van der Waals surface area contributed by atoms with E-state index in [9.17, 15) is 0 Å². The quantitative estimate of drug-likeness (QED) is 0.123. The molecule has 3 aliphatic heterocycles. The van der Waals surface area contributed by atoms with Crippen molar-refractivity contribution in [3.8, 4) is 0 Å². The minimum Gasteiger partial charge on any atom is -0.371 e. The second-order valence-corrected chi connectivity index (χ2v) is 10.5. The van der Waals surface area contributed by atoms with Crippen molar-refractivity contribution in [2.24, 2.45) is 4.99 Å². The Bertz CT molecular complexity index is 655. The Kier molecular flexibility index (Phi) is 11.8. The minimum atomic E-state index is 0.291. The van der Waals surface area contributed by atoms with Crippen LogP contribution in [0.25, 0.3) is 0 Å². The molecule has 3 unspecified atom stereocenters. The van der Waals surface area contributed by atoms with Gasteiger partial charge in [-0.3, -0.25) is 4.48 Å². The lowest BCUT2D eigenvalue weighted by Crippen LogP contribution is -2.57. The Morgan fingerprint density at radius 1 is 0.939 bits per heavy atom. The summed E-state index contributed by atoms with van der Waals surface area (Å²) in [5, 5.41) is 10.6. The van der Waals surface area contributed by atoms with E-state index in [-0.39, 0.29) is 0 Å². The fraction of sp³-hybridized carbons (Fsp3) is 0.875. The van der Waals surface area contributed by atoms with Gasteiger partial charge in [-0.05, 0) is 30.9 Å². The highest BCUT2D eigenvalue weighted by molar-refractivity contribution is 7.81. The molecular formula is C24H44N5O2S2+. The molecule has 3 N–H and O–H groups in total. The summed E-state index contributed by atoms with van der Waals surface area (Å²) in [7, 11) is 0. The molecule has 2 fully saturated rings. The molecule has 0 amide bonds. The molecule has 0 radical (unpaired) electrons. The third-order valence-electron chi connectivity index (χ3n) is 6.77. The molecule has 3 atom stereocenters. The SMILES string of the molecule is CCCCCCCCCCCC1=NCC[N+]1(CCNC(=S)NC(=S)NCC1CO1)CC1CO1. The van der Waals surface area contributed by atoms with Gasteiger partial charge in [-0.15, -0.1) is 0 Å². The van der Waals surface area contributed by atoms with Crippen LogP contribution in [0.1, 0.15) is 71.1 Å². The first kappa shape index (κ1) is 26.7. The maximum Gasteiger partial charge on any atom is 0.198 e. The van der Waals surface area contributed by atoms with Gasteiger partial charge < -0.3 is 25.4 Å². The normalized spacial score (nSPS) is 25.4. The molecule has 0 aromatic rings. The number of ether oxygens (including phenoxy) is 2. The molecule has 0 aromatic carbocycles. The Labute approximate surface area is 211 Å². The van der Waals surface area contributed by atoms with E-state index in [1.54, 1.807) is 0 Å². The number of nitrogens with zero attached hydrogens (tertiary/aromatic N) is 2. The van der Waals surface area contributed by atoms with Crippen molar-refractivity contribution >= 4 is 40.5 Å². The first-order valence-corrected chi connectivity index (χ1v) is 13.9. The molecule has 9 heteroatoms. The van der Waals surface area contributed by atoms with Gasteiger partial charge in [0.05, 0.1) is 32.4 Å². The van der Waals surface area contributed by atoms with Gasteiger partial charge in [0.15, 0.2) is 16.1 Å². The Hall–Kier alpha value is -0.870. The lowest BCUT2D eigenvalue weighted by atomic mass is 10.1. The van der Waals surface area contributed by atoms with Crippen molar-refractivity contribution in [2.75, 3.05) is 52.5 Å². The number of rotatable bonds is 17. The van der Waals surface area contributed by atoms with Crippen molar-refractivity contribution in [1.29, 1.82) is 0 Å². The van der Waals surface area contributed by atoms with Crippen LogP contribution in [0.4, 0.5) is 0 Å². The summed E-state index contributed by atoms with van der Waals surface area (Å²) in [5.74, 6) is 1.37. The van der Waals surface area contributed by atoms with Crippen molar-refractivity contribution < 1.29 is 14.0 Å². The number of hydrogen-bond donors (Lipinski definition) is 3. The highest BCUT2D eigenvalue weighted by Crippen LogP contribution is 2.25. The molecule has 188 valence electrons. The van der Waals surface area contributed by atoms with Gasteiger partial charge in [-0.1, -0.05) is 58.3 Å². The van der Waals surface area contributed by atoms with E-state index < -0.39 is 0 Å². The maximum atomic E-state index is 5.61. The fourth-order valence-electron chi connectivity index (χ4n) is 4.62. The molecule has 0 aromatic heterocycles. The number of nitrogens with one attached hydrogen (secondary N) is 3. The highest BCUT2D eigenvalue weighted by Gasteiger charge is 2.43. The van der Waals surface area contributed by atoms with E-state index >= 15 is 0 Å². The lowest BCUT2D eigenvalue weighted by molar-refractivity contribution is -0.835. The number of aliphatic imine (C=N–C) groups is 1. The van der Waals surface area contributed by atoms with E-state index in [2.05, 4.69) is 22.9 Å². The maximum absolute atomic E-state index is 5.61. The number of unbranched alkanes of at least 4 members (excludes halogenated alkanes) is 8. The summed E-state index contributed by atoms with van der Waals surface area (Å²) in [6.07, 6.45) is 14.0. The largest absolute Gasteiger partial charge is 0.371 e. The highest BCUT2D eigenvalue weighted by atomic mass is 32.1. The van der Waals surface area contributed by atoms with E-state index in [1.807, 2.05) is 0 Å². The zero-order valence-electron chi connectivity index (χ0n) is 20.4. The second-order valence-electron chi connectivity index (χ2n) is 9.65. The summed E-state index contributed by atoms with van der Waals surface area (Å²) < 4.78 is 11.8. The van der Waals surface area contributed by atoms with Gasteiger partial charge in [0.25, 0.3) is 0 Å². The number of thiocarbonyl (C=S) groups is 2. The molecule has 0 spiro atoms. The molecule has 0 bridgehead atoms. The molecule has 2 saturated heterocycles. The van der Waals surface area contributed by atoms with Crippen LogP contribution in [0.5, 0.6) is 0 Å². The average Bonchev–Trinajstić information content (AvgIpc) is 3.72. The summed E-state index contributed by atoms with van der Waals surface area (Å²) >= 11 is 10.7. The summed E-state index contributed by atoms with van der Waals surface area (Å²) in [6.45, 7) is 9.54. The van der Waals surface area contributed by atoms with Gasteiger partial charge >= 0.3 is 0 Å². The Balaban J connectivity index is 1.33. The summed E-state index contributed by atoms with van der Waals surface area (Å²) in [6, 6.07) is 0. The van der Waals surface area contributed by atoms with E-state index in [4.69, 9.17) is 38.9 Å². The van der Waals surface area contributed by atoms with Crippen molar-refractivity contribution in [3.05, 3.63) is 0 Å². The minimum absolute atomic E-state index is 0.291. The summed E-state index contributed by atoms with van der Waals surface area (Å²) in [5.41, 5.74) is 0. The van der Waals surface area contributed by atoms with E-state index in [0.717, 1.165) is 63.4 Å². The molecule has 0 aliphatic carbocycles. The van der Waals surface area contributed by atoms with E-state index in [0.29, 0.717) is 22.4 Å². The van der Waals surface area contributed by atoms with Crippen molar-refractivity contribution in [2.45, 2.75) is 83.3 Å². The first-order valence-electron chi connectivity index (χ1n) is 13.1. The van der Waals surface area contributed by atoms with Crippen LogP contribution in [0, 0.1) is 0 Å². The average molecular weight is 499 g/mol. The molecule has 33 heavy (non-hydrogen) atoms. The third kappa shape index (κ3) is 10.5. The number of amidine groups is 1. The summed E-state index contributed by atoms with van der Waals surface area (Å²) in [4.78, 5) is 4.95. The second kappa shape index (κ2) is 14.5. The molecule has 7 nitrogen and oxygen atoms in total. The molecule has 0 saturated carbocycles. The Morgan fingerprint density at radius 2 is 1.58 bits per heavy atom. The van der Waals surface area contributed by atoms with Crippen LogP contribution in [0.2, 0.25) is 0 Å². The van der Waals surface area contributed by atoms with Gasteiger partial charge in [-0.2, -0.15) is 0 Å². The number of quaternary nitrogens is 1. The predicted octanol–water partition coefficient (Wildman–Crippen LogP) is 3.27. The molecule has 3 aliphatic rings. The van der Waals surface area contributed by atoms with Gasteiger partial charge in [0.1, 0.15) is 25.7 Å². The van der Waals surface area contributed by atoms with Crippen LogP contribution in [-0.4, -0.2) is 85.2 Å². The fourth-order valence-corrected chi connectivity index (χ4v) is 5.07. The van der Waals surface area contributed by atoms with Crippen LogP contribution < -0.4 is 16.0 Å². The molecular weight excluding hydrogens is 454 g/mol. The molecule has 3 rings (SSSR count).